The van der Waals surface area contributed by atoms with Gasteiger partial charge in [-0.05, 0) is 24.3 Å². The molecule has 26 heavy (non-hydrogen) atoms. The zero-order valence-electron chi connectivity index (χ0n) is 12.5. The Labute approximate surface area is 141 Å². The number of benzene rings is 1. The molecule has 0 fully saturated rings. The number of nitrogens with one attached hydrogen (secondary N) is 1. The molecule has 1 heterocycles. The lowest BCUT2D eigenvalue weighted by Crippen LogP contribution is -2.22. The molecule has 2 rings (SSSR count). The normalized spacial score (nSPS) is 12.0. The number of anilines is 2. The van der Waals surface area contributed by atoms with Crippen molar-refractivity contribution in [2.75, 3.05) is 18.5 Å². The Morgan fingerprint density at radius 1 is 0.769 bits per heavy atom. The Hall–Kier alpha value is -2.86. The molecule has 0 aliphatic rings. The van der Waals surface area contributed by atoms with Crippen LogP contribution in [0.3, 0.4) is 0 Å². The fraction of sp³-hybridized carbons (Fsp3) is 0.308. The van der Waals surface area contributed by atoms with Gasteiger partial charge in [-0.2, -0.15) is 36.3 Å². The van der Waals surface area contributed by atoms with Gasteiger partial charge < -0.3 is 14.8 Å². The molecule has 6 nitrogen and oxygen atoms in total. The highest BCUT2D eigenvalue weighted by Crippen LogP contribution is 2.22. The van der Waals surface area contributed by atoms with Crippen LogP contribution in [-0.2, 0) is 0 Å². The number of aromatic nitrogens is 3. The second-order valence-corrected chi connectivity index (χ2v) is 4.66. The molecule has 1 N–H and O–H groups in total. The third kappa shape index (κ3) is 6.94. The van der Waals surface area contributed by atoms with E-state index in [2.05, 4.69) is 29.7 Å². The van der Waals surface area contributed by atoms with Crippen molar-refractivity contribution in [3.63, 3.8) is 0 Å². The lowest BCUT2D eigenvalue weighted by molar-refractivity contribution is -0.156. The van der Waals surface area contributed by atoms with Crippen molar-refractivity contribution in [1.29, 1.82) is 0 Å². The van der Waals surface area contributed by atoms with Crippen LogP contribution in [0.5, 0.6) is 12.0 Å². The van der Waals surface area contributed by atoms with Crippen LogP contribution in [0.4, 0.5) is 42.4 Å². The van der Waals surface area contributed by atoms with Crippen LogP contribution in [-0.4, -0.2) is 40.5 Å². The van der Waals surface area contributed by atoms with Crippen molar-refractivity contribution in [2.45, 2.75) is 12.4 Å². The van der Waals surface area contributed by atoms with Gasteiger partial charge in [-0.15, -0.1) is 4.98 Å². The Balaban J connectivity index is 2.22. The van der Waals surface area contributed by atoms with Gasteiger partial charge in [0.1, 0.15) is 5.82 Å². The molecule has 0 atom stereocenters. The first-order chi connectivity index (χ1) is 12.0. The molecule has 0 spiro atoms. The lowest BCUT2D eigenvalue weighted by atomic mass is 10.3. The summed E-state index contributed by atoms with van der Waals surface area (Å²) in [5.41, 5.74) is 0.209. The predicted octanol–water partition coefficient (Wildman–Crippen LogP) is 3.64. The van der Waals surface area contributed by atoms with E-state index in [1.54, 1.807) is 0 Å². The largest absolute Gasteiger partial charge is 0.454 e. The van der Waals surface area contributed by atoms with Crippen LogP contribution in [0.1, 0.15) is 0 Å². The number of hydrogen-bond acceptors (Lipinski definition) is 6. The van der Waals surface area contributed by atoms with Crippen molar-refractivity contribution in [2.24, 2.45) is 0 Å². The number of halogens is 7. The summed E-state index contributed by atoms with van der Waals surface area (Å²) in [5.74, 6) is -1.02. The SMILES string of the molecule is Fc1ccc(Nc2nc(OCC(F)(F)F)nc(OCC(F)(F)F)n2)cc1. The van der Waals surface area contributed by atoms with E-state index in [-0.39, 0.29) is 5.69 Å². The molecule has 1 aromatic heterocycles. The Bertz CT molecular complexity index is 699. The molecule has 0 radical (unpaired) electrons. The molecule has 0 bridgehead atoms. The van der Waals surface area contributed by atoms with E-state index in [1.807, 2.05) is 0 Å². The monoisotopic (exact) mass is 386 g/mol. The van der Waals surface area contributed by atoms with Crippen LogP contribution in [0.15, 0.2) is 24.3 Å². The molecule has 1 aromatic carbocycles. The number of alkyl halides is 6. The Morgan fingerprint density at radius 2 is 1.23 bits per heavy atom. The number of hydrogen-bond donors (Lipinski definition) is 1. The molecule has 0 aliphatic carbocycles. The lowest BCUT2D eigenvalue weighted by Gasteiger charge is -2.12. The second kappa shape index (κ2) is 7.58. The van der Waals surface area contributed by atoms with E-state index in [9.17, 15) is 30.7 Å². The van der Waals surface area contributed by atoms with Crippen molar-refractivity contribution < 1.29 is 40.2 Å². The predicted molar refractivity (Wildman–Crippen MR) is 72.6 cm³/mol. The number of ether oxygens (including phenoxy) is 2. The zero-order valence-corrected chi connectivity index (χ0v) is 12.5. The van der Waals surface area contributed by atoms with Gasteiger partial charge in [0, 0.05) is 5.69 Å². The van der Waals surface area contributed by atoms with E-state index in [1.165, 1.54) is 12.1 Å². The molecule has 0 aliphatic heterocycles. The highest BCUT2D eigenvalue weighted by Gasteiger charge is 2.31. The van der Waals surface area contributed by atoms with Gasteiger partial charge in [0.2, 0.25) is 5.95 Å². The maximum absolute atomic E-state index is 12.9. The molecule has 0 saturated carbocycles. The minimum atomic E-state index is -4.72. The third-order valence-corrected chi connectivity index (χ3v) is 2.42. The van der Waals surface area contributed by atoms with Crippen molar-refractivity contribution in [3.05, 3.63) is 30.1 Å². The van der Waals surface area contributed by atoms with Crippen LogP contribution >= 0.6 is 0 Å². The highest BCUT2D eigenvalue weighted by molar-refractivity contribution is 5.53. The molecule has 142 valence electrons. The average molecular weight is 386 g/mol. The summed E-state index contributed by atoms with van der Waals surface area (Å²) in [7, 11) is 0. The van der Waals surface area contributed by atoms with Crippen molar-refractivity contribution in [3.8, 4) is 12.0 Å². The molecule has 0 saturated heterocycles. The van der Waals surface area contributed by atoms with Gasteiger partial charge in [0.15, 0.2) is 13.2 Å². The number of rotatable bonds is 6. The van der Waals surface area contributed by atoms with Gasteiger partial charge in [-0.25, -0.2) is 4.39 Å². The number of nitrogens with zero attached hydrogens (tertiary/aromatic N) is 3. The molecule has 2 aromatic rings. The quantitative estimate of drug-likeness (QED) is 0.765. The van der Waals surface area contributed by atoms with E-state index in [4.69, 9.17) is 0 Å². The maximum atomic E-state index is 12.9. The van der Waals surface area contributed by atoms with Crippen LogP contribution in [0.2, 0.25) is 0 Å². The second-order valence-electron chi connectivity index (χ2n) is 4.66. The Morgan fingerprint density at radius 3 is 1.65 bits per heavy atom. The highest BCUT2D eigenvalue weighted by atomic mass is 19.4. The van der Waals surface area contributed by atoms with Crippen molar-refractivity contribution in [1.82, 2.24) is 15.0 Å². The van der Waals surface area contributed by atoms with Gasteiger partial charge in [-0.1, -0.05) is 0 Å². The first kappa shape index (κ1) is 19.5. The first-order valence-electron chi connectivity index (χ1n) is 6.68. The third-order valence-electron chi connectivity index (χ3n) is 2.42. The maximum Gasteiger partial charge on any atom is 0.422 e. The van der Waals surface area contributed by atoms with Crippen molar-refractivity contribution >= 4 is 11.6 Å². The van der Waals surface area contributed by atoms with Gasteiger partial charge in [0.05, 0.1) is 0 Å². The van der Waals surface area contributed by atoms with E-state index in [0.717, 1.165) is 12.1 Å². The summed E-state index contributed by atoms with van der Waals surface area (Å²) in [6.07, 6.45) is -9.44. The van der Waals surface area contributed by atoms with Gasteiger partial charge >= 0.3 is 24.4 Å². The summed E-state index contributed by atoms with van der Waals surface area (Å²) < 4.78 is 94.7. The summed E-state index contributed by atoms with van der Waals surface area (Å²) in [6.45, 7) is -3.54. The summed E-state index contributed by atoms with van der Waals surface area (Å²) in [4.78, 5) is 10.2. The van der Waals surface area contributed by atoms with Crippen LogP contribution in [0, 0.1) is 5.82 Å². The molecule has 13 heteroatoms. The summed E-state index contributed by atoms with van der Waals surface area (Å²) >= 11 is 0. The standard InChI is InChI=1S/C13H9F7N4O2/c14-7-1-3-8(4-2-7)21-9-22-10(25-5-12(15,16)17)24-11(23-9)26-6-13(18,19)20/h1-4H,5-6H2,(H,21,22,23,24). The van der Waals surface area contributed by atoms with Gasteiger partial charge in [-0.3, -0.25) is 0 Å². The fourth-order valence-electron chi connectivity index (χ4n) is 1.48. The molecule has 0 amide bonds. The van der Waals surface area contributed by atoms with Gasteiger partial charge in [0.25, 0.3) is 0 Å². The first-order valence-corrected chi connectivity index (χ1v) is 6.68. The molecular formula is C13H9F7N4O2. The minimum Gasteiger partial charge on any atom is -0.454 e. The summed E-state index contributed by atoms with van der Waals surface area (Å²) in [5, 5.41) is 2.45. The zero-order chi connectivity index (χ0) is 19.4. The van der Waals surface area contributed by atoms with Crippen LogP contribution < -0.4 is 14.8 Å². The average Bonchev–Trinajstić information content (AvgIpc) is 2.52. The molecule has 0 unspecified atom stereocenters. The van der Waals surface area contributed by atoms with E-state index in [0.29, 0.717) is 0 Å². The smallest absolute Gasteiger partial charge is 0.422 e. The Kier molecular flexibility index (Phi) is 5.67. The van der Waals surface area contributed by atoms with E-state index < -0.39 is 49.4 Å². The van der Waals surface area contributed by atoms with E-state index >= 15 is 0 Å². The van der Waals surface area contributed by atoms with Crippen LogP contribution in [0.25, 0.3) is 0 Å². The minimum absolute atomic E-state index is 0.209. The fourth-order valence-corrected chi connectivity index (χ4v) is 1.48. The topological polar surface area (TPSA) is 69.2 Å². The summed E-state index contributed by atoms with van der Waals surface area (Å²) in [6, 6.07) is 2.80. The molecular weight excluding hydrogens is 377 g/mol.